The molecule has 30 heavy (non-hydrogen) atoms. The standard InChI is InChI=1S/C22H27N3O4S/c1-5-21(27)25-10-6-7-17-8-9-18(13-20(17)25)24-30(28,29)19-11-14(2)22(15(3)12-19)23-16(4)26/h8-9,11-13,24H,5-7,10H2,1-4H3,(H,23,26). The summed E-state index contributed by atoms with van der Waals surface area (Å²) in [5.41, 5.74) is 4.15. The van der Waals surface area contributed by atoms with E-state index >= 15 is 0 Å². The van der Waals surface area contributed by atoms with E-state index in [1.54, 1.807) is 30.9 Å². The van der Waals surface area contributed by atoms with E-state index in [1.165, 1.54) is 19.1 Å². The molecule has 0 bridgehead atoms. The first kappa shape index (κ1) is 21.8. The van der Waals surface area contributed by atoms with Gasteiger partial charge in [-0.15, -0.1) is 0 Å². The van der Waals surface area contributed by atoms with Crippen molar-refractivity contribution >= 4 is 38.9 Å². The highest BCUT2D eigenvalue weighted by atomic mass is 32.2. The fraction of sp³-hybridized carbons (Fsp3) is 0.364. The van der Waals surface area contributed by atoms with E-state index < -0.39 is 10.0 Å². The van der Waals surface area contributed by atoms with E-state index in [-0.39, 0.29) is 16.7 Å². The maximum atomic E-state index is 13.0. The van der Waals surface area contributed by atoms with Crippen molar-refractivity contribution in [3.05, 3.63) is 47.0 Å². The molecule has 1 aliphatic heterocycles. The summed E-state index contributed by atoms with van der Waals surface area (Å²) in [6.45, 7) is 7.37. The summed E-state index contributed by atoms with van der Waals surface area (Å²) in [4.78, 5) is 25.5. The molecule has 7 nitrogen and oxygen atoms in total. The zero-order valence-electron chi connectivity index (χ0n) is 17.7. The van der Waals surface area contributed by atoms with Crippen molar-refractivity contribution in [3.8, 4) is 0 Å². The van der Waals surface area contributed by atoms with Crippen molar-refractivity contribution in [1.29, 1.82) is 0 Å². The molecule has 0 aliphatic carbocycles. The van der Waals surface area contributed by atoms with Gasteiger partial charge in [0.25, 0.3) is 10.0 Å². The molecule has 0 unspecified atom stereocenters. The first-order valence-corrected chi connectivity index (χ1v) is 11.5. The second-order valence-electron chi connectivity index (χ2n) is 7.56. The summed E-state index contributed by atoms with van der Waals surface area (Å²) in [6, 6.07) is 8.39. The van der Waals surface area contributed by atoms with Gasteiger partial charge in [-0.2, -0.15) is 0 Å². The molecule has 1 aliphatic rings. The van der Waals surface area contributed by atoms with Gasteiger partial charge in [-0.1, -0.05) is 13.0 Å². The predicted octanol–water partition coefficient (Wildman–Crippen LogP) is 3.75. The summed E-state index contributed by atoms with van der Waals surface area (Å²) in [7, 11) is -3.84. The number of nitrogens with zero attached hydrogens (tertiary/aromatic N) is 1. The minimum Gasteiger partial charge on any atom is -0.326 e. The number of carbonyl (C=O) groups excluding carboxylic acids is 2. The minimum atomic E-state index is -3.84. The van der Waals surface area contributed by atoms with Crippen LogP contribution in [0.5, 0.6) is 0 Å². The maximum absolute atomic E-state index is 13.0. The lowest BCUT2D eigenvalue weighted by molar-refractivity contribution is -0.118. The zero-order valence-corrected chi connectivity index (χ0v) is 18.5. The SMILES string of the molecule is CCC(=O)N1CCCc2ccc(NS(=O)(=O)c3cc(C)c(NC(C)=O)c(C)c3)cc21. The number of nitrogens with one attached hydrogen (secondary N) is 2. The van der Waals surface area contributed by atoms with Crippen molar-refractivity contribution in [1.82, 2.24) is 0 Å². The number of hydrogen-bond acceptors (Lipinski definition) is 4. The molecule has 0 spiro atoms. The van der Waals surface area contributed by atoms with Crippen molar-refractivity contribution in [3.63, 3.8) is 0 Å². The van der Waals surface area contributed by atoms with Crippen LogP contribution in [0.4, 0.5) is 17.1 Å². The molecular formula is C22H27N3O4S. The lowest BCUT2D eigenvalue weighted by Crippen LogP contribution is -2.35. The second kappa shape index (κ2) is 8.47. The Balaban J connectivity index is 1.93. The molecule has 8 heteroatoms. The van der Waals surface area contributed by atoms with Gasteiger partial charge in [-0.3, -0.25) is 14.3 Å². The Kier molecular flexibility index (Phi) is 6.17. The molecule has 0 atom stereocenters. The Morgan fingerprint density at radius 3 is 2.37 bits per heavy atom. The Morgan fingerprint density at radius 2 is 1.77 bits per heavy atom. The molecule has 2 aromatic rings. The number of sulfonamides is 1. The van der Waals surface area contributed by atoms with E-state index in [9.17, 15) is 18.0 Å². The lowest BCUT2D eigenvalue weighted by atomic mass is 10.0. The molecule has 1 heterocycles. The van der Waals surface area contributed by atoms with Crippen LogP contribution in [0.1, 0.15) is 43.4 Å². The molecule has 160 valence electrons. The Labute approximate surface area is 177 Å². The number of fused-ring (bicyclic) bond motifs is 1. The van der Waals surface area contributed by atoms with E-state index in [0.717, 1.165) is 24.1 Å². The highest BCUT2D eigenvalue weighted by Crippen LogP contribution is 2.32. The molecular weight excluding hydrogens is 402 g/mol. The van der Waals surface area contributed by atoms with Crippen molar-refractivity contribution in [2.24, 2.45) is 0 Å². The maximum Gasteiger partial charge on any atom is 0.261 e. The van der Waals surface area contributed by atoms with Crippen molar-refractivity contribution in [2.45, 2.75) is 51.9 Å². The number of hydrogen-bond donors (Lipinski definition) is 2. The molecule has 2 amide bonds. The highest BCUT2D eigenvalue weighted by Gasteiger charge is 2.23. The van der Waals surface area contributed by atoms with Crippen LogP contribution in [0.2, 0.25) is 0 Å². The fourth-order valence-electron chi connectivity index (χ4n) is 3.75. The average molecular weight is 430 g/mol. The van der Waals surface area contributed by atoms with Crippen LogP contribution in [0.15, 0.2) is 35.2 Å². The number of carbonyl (C=O) groups is 2. The molecule has 0 fully saturated rings. The van der Waals surface area contributed by atoms with Crippen LogP contribution >= 0.6 is 0 Å². The van der Waals surface area contributed by atoms with Crippen LogP contribution in [0.25, 0.3) is 0 Å². The molecule has 0 radical (unpaired) electrons. The van der Waals surface area contributed by atoms with E-state index in [4.69, 9.17) is 0 Å². The Hall–Kier alpha value is -2.87. The Bertz CT molecular complexity index is 1090. The third-order valence-corrected chi connectivity index (χ3v) is 6.54. The average Bonchev–Trinajstić information content (AvgIpc) is 2.69. The van der Waals surface area contributed by atoms with Gasteiger partial charge in [0.05, 0.1) is 10.6 Å². The predicted molar refractivity (Wildman–Crippen MR) is 118 cm³/mol. The number of aryl methyl sites for hydroxylation is 3. The molecule has 0 saturated carbocycles. The largest absolute Gasteiger partial charge is 0.326 e. The summed E-state index contributed by atoms with van der Waals surface area (Å²) < 4.78 is 28.6. The van der Waals surface area contributed by atoms with Gasteiger partial charge < -0.3 is 10.2 Å². The third-order valence-electron chi connectivity index (χ3n) is 5.18. The number of benzene rings is 2. The van der Waals surface area contributed by atoms with Gasteiger partial charge in [-0.05, 0) is 67.6 Å². The number of anilines is 3. The van der Waals surface area contributed by atoms with Gasteiger partial charge in [0.15, 0.2) is 0 Å². The van der Waals surface area contributed by atoms with Gasteiger partial charge in [-0.25, -0.2) is 8.42 Å². The van der Waals surface area contributed by atoms with E-state index in [0.29, 0.717) is 35.5 Å². The molecule has 3 rings (SSSR count). The molecule has 0 aromatic heterocycles. The van der Waals surface area contributed by atoms with Crippen molar-refractivity contribution < 1.29 is 18.0 Å². The monoisotopic (exact) mass is 429 g/mol. The topological polar surface area (TPSA) is 95.6 Å². The number of amides is 2. The fourth-order valence-corrected chi connectivity index (χ4v) is 4.97. The van der Waals surface area contributed by atoms with Crippen LogP contribution in [-0.4, -0.2) is 26.8 Å². The quantitative estimate of drug-likeness (QED) is 0.757. The minimum absolute atomic E-state index is 0.0239. The van der Waals surface area contributed by atoms with Crippen molar-refractivity contribution in [2.75, 3.05) is 21.5 Å². The van der Waals surface area contributed by atoms with Crippen LogP contribution in [0, 0.1) is 13.8 Å². The highest BCUT2D eigenvalue weighted by molar-refractivity contribution is 7.92. The molecule has 2 aromatic carbocycles. The normalized spacial score (nSPS) is 13.5. The van der Waals surface area contributed by atoms with Gasteiger partial charge in [0, 0.05) is 31.3 Å². The summed E-state index contributed by atoms with van der Waals surface area (Å²) >= 11 is 0. The Morgan fingerprint density at radius 1 is 1.10 bits per heavy atom. The van der Waals surface area contributed by atoms with Crippen LogP contribution < -0.4 is 14.9 Å². The van der Waals surface area contributed by atoms with Crippen LogP contribution in [-0.2, 0) is 26.0 Å². The molecule has 2 N–H and O–H groups in total. The summed E-state index contributed by atoms with van der Waals surface area (Å²) in [5.74, 6) is -0.189. The molecule has 0 saturated heterocycles. The third kappa shape index (κ3) is 4.48. The second-order valence-corrected chi connectivity index (χ2v) is 9.25. The van der Waals surface area contributed by atoms with Crippen LogP contribution in [0.3, 0.4) is 0 Å². The van der Waals surface area contributed by atoms with E-state index in [2.05, 4.69) is 10.0 Å². The van der Waals surface area contributed by atoms with Gasteiger partial charge in [0.1, 0.15) is 0 Å². The summed E-state index contributed by atoms with van der Waals surface area (Å²) in [5, 5.41) is 2.73. The van der Waals surface area contributed by atoms with Gasteiger partial charge in [0.2, 0.25) is 11.8 Å². The smallest absolute Gasteiger partial charge is 0.261 e. The number of rotatable bonds is 5. The van der Waals surface area contributed by atoms with E-state index in [1.807, 2.05) is 13.0 Å². The first-order valence-electron chi connectivity index (χ1n) is 9.97. The first-order chi connectivity index (χ1) is 14.1. The zero-order chi connectivity index (χ0) is 22.1. The lowest BCUT2D eigenvalue weighted by Gasteiger charge is -2.30. The van der Waals surface area contributed by atoms with Gasteiger partial charge >= 0.3 is 0 Å². The summed E-state index contributed by atoms with van der Waals surface area (Å²) in [6.07, 6.45) is 2.15.